The zero-order valence-corrected chi connectivity index (χ0v) is 13.0. The van der Waals surface area contributed by atoms with Crippen molar-refractivity contribution in [2.45, 2.75) is 20.3 Å². The molecule has 0 radical (unpaired) electrons. The Balaban J connectivity index is 2.09. The van der Waals surface area contributed by atoms with Crippen molar-refractivity contribution in [1.82, 2.24) is 4.90 Å². The molecule has 23 heavy (non-hydrogen) atoms. The molecule has 1 aliphatic rings. The molecule has 0 saturated carbocycles. The van der Waals surface area contributed by atoms with Gasteiger partial charge in [0.1, 0.15) is 0 Å². The van der Waals surface area contributed by atoms with Crippen LogP contribution in [0.1, 0.15) is 18.9 Å². The van der Waals surface area contributed by atoms with Crippen LogP contribution in [0.25, 0.3) is 0 Å². The van der Waals surface area contributed by atoms with Crippen LogP contribution in [0.2, 0.25) is 0 Å². The van der Waals surface area contributed by atoms with Gasteiger partial charge >= 0.3 is 12.0 Å². The number of nitro groups is 1. The molecule has 1 heterocycles. The Hall–Kier alpha value is -2.64. The van der Waals surface area contributed by atoms with Gasteiger partial charge in [0.05, 0.1) is 10.8 Å². The molecule has 1 aliphatic heterocycles. The summed E-state index contributed by atoms with van der Waals surface area (Å²) in [7, 11) is 0. The average molecular weight is 321 g/mol. The third-order valence-corrected chi connectivity index (χ3v) is 3.96. The standard InChI is InChI=1S/C15H19N3O5/c1-9-5-11(14(19)20)8-17(7-9)15(21)16-13-4-3-12(18(22)23)6-10(13)2/h3-4,6,9,11H,5,7-8H2,1-2H3,(H,16,21)(H,19,20). The molecule has 8 nitrogen and oxygen atoms in total. The molecule has 0 aliphatic carbocycles. The van der Waals surface area contributed by atoms with Gasteiger partial charge in [0.2, 0.25) is 0 Å². The number of aryl methyl sites for hydroxylation is 1. The van der Waals surface area contributed by atoms with E-state index in [0.717, 1.165) is 0 Å². The topological polar surface area (TPSA) is 113 Å². The number of hydrogen-bond acceptors (Lipinski definition) is 4. The van der Waals surface area contributed by atoms with Gasteiger partial charge in [-0.1, -0.05) is 6.92 Å². The first-order chi connectivity index (χ1) is 10.8. The van der Waals surface area contributed by atoms with Crippen molar-refractivity contribution >= 4 is 23.4 Å². The summed E-state index contributed by atoms with van der Waals surface area (Å²) in [5.41, 5.74) is 1.01. The minimum Gasteiger partial charge on any atom is -0.481 e. The van der Waals surface area contributed by atoms with Crippen LogP contribution in [-0.2, 0) is 4.79 Å². The predicted octanol–water partition coefficient (Wildman–Crippen LogP) is 2.48. The number of carbonyl (C=O) groups is 2. The van der Waals surface area contributed by atoms with Crippen LogP contribution in [-0.4, -0.2) is 40.0 Å². The first kappa shape index (κ1) is 16.7. The van der Waals surface area contributed by atoms with Crippen LogP contribution in [0, 0.1) is 28.9 Å². The lowest BCUT2D eigenvalue weighted by molar-refractivity contribution is -0.384. The Morgan fingerprint density at radius 2 is 2.09 bits per heavy atom. The van der Waals surface area contributed by atoms with E-state index in [9.17, 15) is 19.7 Å². The van der Waals surface area contributed by atoms with Gasteiger partial charge in [-0.25, -0.2) is 4.79 Å². The van der Waals surface area contributed by atoms with Crippen molar-refractivity contribution in [2.75, 3.05) is 18.4 Å². The Morgan fingerprint density at radius 1 is 1.39 bits per heavy atom. The molecule has 2 amide bonds. The van der Waals surface area contributed by atoms with E-state index in [1.54, 1.807) is 6.92 Å². The minimum atomic E-state index is -0.902. The summed E-state index contributed by atoms with van der Waals surface area (Å²) in [4.78, 5) is 35.2. The zero-order chi connectivity index (χ0) is 17.1. The number of nitrogens with zero attached hydrogens (tertiary/aromatic N) is 2. The molecule has 2 N–H and O–H groups in total. The molecule has 0 aromatic heterocycles. The van der Waals surface area contributed by atoms with Gasteiger partial charge in [-0.2, -0.15) is 0 Å². The van der Waals surface area contributed by atoms with E-state index in [0.29, 0.717) is 24.2 Å². The SMILES string of the molecule is Cc1cc([N+](=O)[O-])ccc1NC(=O)N1CC(C)CC(C(=O)O)C1. The van der Waals surface area contributed by atoms with Crippen molar-refractivity contribution in [2.24, 2.45) is 11.8 Å². The highest BCUT2D eigenvalue weighted by Gasteiger charge is 2.32. The van der Waals surface area contributed by atoms with Gasteiger partial charge in [0.15, 0.2) is 0 Å². The van der Waals surface area contributed by atoms with Gasteiger partial charge in [-0.05, 0) is 30.9 Å². The number of urea groups is 1. The summed E-state index contributed by atoms with van der Waals surface area (Å²) < 4.78 is 0. The number of carbonyl (C=O) groups excluding carboxylic acids is 1. The molecule has 8 heteroatoms. The highest BCUT2D eigenvalue weighted by Crippen LogP contribution is 2.24. The number of benzene rings is 1. The van der Waals surface area contributed by atoms with Gasteiger partial charge < -0.3 is 15.3 Å². The Kier molecular flexibility index (Phi) is 4.83. The molecule has 0 bridgehead atoms. The zero-order valence-electron chi connectivity index (χ0n) is 13.0. The van der Waals surface area contributed by atoms with Crippen molar-refractivity contribution in [3.8, 4) is 0 Å². The van der Waals surface area contributed by atoms with Crippen LogP contribution < -0.4 is 5.32 Å². The van der Waals surface area contributed by atoms with E-state index in [1.807, 2.05) is 6.92 Å². The van der Waals surface area contributed by atoms with E-state index in [2.05, 4.69) is 5.32 Å². The van der Waals surface area contributed by atoms with Crippen LogP contribution in [0.3, 0.4) is 0 Å². The molecule has 2 rings (SSSR count). The predicted molar refractivity (Wildman–Crippen MR) is 83.3 cm³/mol. The number of amides is 2. The monoisotopic (exact) mass is 321 g/mol. The van der Waals surface area contributed by atoms with Gasteiger partial charge in [-0.15, -0.1) is 0 Å². The maximum absolute atomic E-state index is 12.3. The Morgan fingerprint density at radius 3 is 2.65 bits per heavy atom. The number of rotatable bonds is 3. The number of carboxylic acid groups (broad SMARTS) is 1. The average Bonchev–Trinajstić information content (AvgIpc) is 2.48. The lowest BCUT2D eigenvalue weighted by Crippen LogP contribution is -2.47. The minimum absolute atomic E-state index is 0.0435. The van der Waals surface area contributed by atoms with Crippen molar-refractivity contribution in [3.63, 3.8) is 0 Å². The molecule has 0 spiro atoms. The molecular weight excluding hydrogens is 302 g/mol. The molecule has 1 aromatic carbocycles. The second-order valence-corrected chi connectivity index (χ2v) is 5.97. The molecule has 2 atom stereocenters. The molecule has 1 fully saturated rings. The fourth-order valence-corrected chi connectivity index (χ4v) is 2.79. The number of carboxylic acids is 1. The molecule has 124 valence electrons. The first-order valence-corrected chi connectivity index (χ1v) is 7.31. The lowest BCUT2D eigenvalue weighted by Gasteiger charge is -2.34. The number of likely N-dealkylation sites (tertiary alicyclic amines) is 1. The number of piperidine rings is 1. The molecule has 2 unspecified atom stereocenters. The smallest absolute Gasteiger partial charge is 0.321 e. The van der Waals surface area contributed by atoms with Crippen LogP contribution >= 0.6 is 0 Å². The Bertz CT molecular complexity index is 646. The van der Waals surface area contributed by atoms with Crippen molar-refractivity contribution < 1.29 is 19.6 Å². The normalized spacial score (nSPS) is 20.9. The summed E-state index contributed by atoms with van der Waals surface area (Å²) in [5, 5.41) is 22.6. The van der Waals surface area contributed by atoms with E-state index < -0.39 is 16.8 Å². The largest absolute Gasteiger partial charge is 0.481 e. The number of anilines is 1. The van der Waals surface area contributed by atoms with Crippen LogP contribution in [0.4, 0.5) is 16.2 Å². The summed E-state index contributed by atoms with van der Waals surface area (Å²) in [6, 6.07) is 3.79. The third-order valence-electron chi connectivity index (χ3n) is 3.96. The van der Waals surface area contributed by atoms with Crippen molar-refractivity contribution in [3.05, 3.63) is 33.9 Å². The second-order valence-electron chi connectivity index (χ2n) is 5.97. The second kappa shape index (κ2) is 6.64. The lowest BCUT2D eigenvalue weighted by atomic mass is 9.91. The van der Waals surface area contributed by atoms with Crippen molar-refractivity contribution in [1.29, 1.82) is 0 Å². The number of hydrogen-bond donors (Lipinski definition) is 2. The van der Waals surface area contributed by atoms with Gasteiger partial charge in [-0.3, -0.25) is 14.9 Å². The first-order valence-electron chi connectivity index (χ1n) is 7.31. The Labute approximate surface area is 133 Å². The molecule has 1 aromatic rings. The number of nitrogens with one attached hydrogen (secondary N) is 1. The van der Waals surface area contributed by atoms with Crippen LogP contribution in [0.5, 0.6) is 0 Å². The maximum Gasteiger partial charge on any atom is 0.321 e. The van der Waals surface area contributed by atoms with Gasteiger partial charge in [0, 0.05) is 30.9 Å². The van der Waals surface area contributed by atoms with E-state index in [4.69, 9.17) is 5.11 Å². The number of nitro benzene ring substituents is 1. The summed E-state index contributed by atoms with van der Waals surface area (Å²) in [6.07, 6.45) is 0.551. The summed E-state index contributed by atoms with van der Waals surface area (Å²) >= 11 is 0. The van der Waals surface area contributed by atoms with E-state index in [-0.39, 0.29) is 24.2 Å². The quantitative estimate of drug-likeness (QED) is 0.656. The fraction of sp³-hybridized carbons (Fsp3) is 0.467. The highest BCUT2D eigenvalue weighted by atomic mass is 16.6. The van der Waals surface area contributed by atoms with Crippen LogP contribution in [0.15, 0.2) is 18.2 Å². The van der Waals surface area contributed by atoms with E-state index >= 15 is 0 Å². The number of non-ortho nitro benzene ring substituents is 1. The van der Waals surface area contributed by atoms with E-state index in [1.165, 1.54) is 23.1 Å². The summed E-state index contributed by atoms with van der Waals surface area (Å²) in [5.74, 6) is -1.36. The maximum atomic E-state index is 12.3. The van der Waals surface area contributed by atoms with Gasteiger partial charge in [0.25, 0.3) is 5.69 Å². The number of aliphatic carboxylic acids is 1. The fourth-order valence-electron chi connectivity index (χ4n) is 2.79. The highest BCUT2D eigenvalue weighted by molar-refractivity contribution is 5.90. The third kappa shape index (κ3) is 3.97. The summed E-state index contributed by atoms with van der Waals surface area (Å²) in [6.45, 7) is 4.23. The molecule has 1 saturated heterocycles. The molecular formula is C15H19N3O5.